The number of aryl methyl sites for hydroxylation is 1. The van der Waals surface area contributed by atoms with E-state index in [4.69, 9.17) is 5.73 Å². The van der Waals surface area contributed by atoms with Crippen molar-refractivity contribution in [1.29, 1.82) is 0 Å². The Bertz CT molecular complexity index is 488. The summed E-state index contributed by atoms with van der Waals surface area (Å²) in [6.45, 7) is 2.10. The topological polar surface area (TPSA) is 26.0 Å². The summed E-state index contributed by atoms with van der Waals surface area (Å²) < 4.78 is 0. The Hall–Kier alpha value is -1.25. The minimum Gasteiger partial charge on any atom is -0.324 e. The van der Waals surface area contributed by atoms with Crippen LogP contribution in [0, 0.1) is 6.92 Å². The first-order valence-corrected chi connectivity index (χ1v) is 7.36. The Morgan fingerprint density at radius 2 is 1.61 bits per heavy atom. The van der Waals surface area contributed by atoms with Crippen LogP contribution in [-0.4, -0.2) is 6.26 Å². The van der Waals surface area contributed by atoms with Crippen LogP contribution in [0.1, 0.15) is 22.7 Å². The van der Waals surface area contributed by atoms with Crippen LogP contribution in [-0.2, 0) is 6.42 Å². The molecular weight excluding hydrogens is 238 g/mol. The van der Waals surface area contributed by atoms with Gasteiger partial charge in [0, 0.05) is 10.9 Å². The highest BCUT2D eigenvalue weighted by Gasteiger charge is 2.06. The van der Waals surface area contributed by atoms with Gasteiger partial charge in [-0.25, -0.2) is 0 Å². The molecule has 0 spiro atoms. The van der Waals surface area contributed by atoms with Crippen molar-refractivity contribution < 1.29 is 0 Å². The molecule has 0 aliphatic rings. The first kappa shape index (κ1) is 13.2. The molecule has 18 heavy (non-hydrogen) atoms. The molecule has 1 nitrogen and oxygen atoms in total. The quantitative estimate of drug-likeness (QED) is 0.839. The summed E-state index contributed by atoms with van der Waals surface area (Å²) in [6.07, 6.45) is 2.97. The minimum atomic E-state index is 0.0728. The van der Waals surface area contributed by atoms with Crippen molar-refractivity contribution in [1.82, 2.24) is 0 Å². The fourth-order valence-electron chi connectivity index (χ4n) is 1.95. The maximum atomic E-state index is 6.25. The molecule has 94 valence electrons. The Kier molecular flexibility index (Phi) is 4.45. The Morgan fingerprint density at radius 3 is 2.17 bits per heavy atom. The predicted octanol–water partition coefficient (Wildman–Crippen LogP) is 3.96. The van der Waals surface area contributed by atoms with Crippen molar-refractivity contribution >= 4 is 11.8 Å². The molecule has 2 aromatic rings. The van der Waals surface area contributed by atoms with Gasteiger partial charge in [-0.1, -0.05) is 42.0 Å². The molecule has 2 N–H and O–H groups in total. The SMILES string of the molecule is CSc1ccc(C(N)Cc2ccc(C)cc2)cc1. The highest BCUT2D eigenvalue weighted by molar-refractivity contribution is 7.98. The normalized spacial score (nSPS) is 12.4. The third-order valence-electron chi connectivity index (χ3n) is 3.12. The molecule has 2 heteroatoms. The smallest absolute Gasteiger partial charge is 0.0335 e. The van der Waals surface area contributed by atoms with Crippen LogP contribution in [0.2, 0.25) is 0 Å². The van der Waals surface area contributed by atoms with E-state index in [-0.39, 0.29) is 6.04 Å². The van der Waals surface area contributed by atoms with Crippen molar-refractivity contribution in [2.75, 3.05) is 6.26 Å². The van der Waals surface area contributed by atoms with Crippen LogP contribution in [0.3, 0.4) is 0 Å². The number of thioether (sulfide) groups is 1. The van der Waals surface area contributed by atoms with Crippen LogP contribution in [0.15, 0.2) is 53.4 Å². The lowest BCUT2D eigenvalue weighted by molar-refractivity contribution is 0.721. The maximum absolute atomic E-state index is 6.25. The predicted molar refractivity (Wildman–Crippen MR) is 80.0 cm³/mol. The average Bonchev–Trinajstić information content (AvgIpc) is 2.41. The van der Waals surface area contributed by atoms with E-state index >= 15 is 0 Å². The van der Waals surface area contributed by atoms with Gasteiger partial charge in [-0.3, -0.25) is 0 Å². The molecule has 0 saturated carbocycles. The number of hydrogen-bond acceptors (Lipinski definition) is 2. The van der Waals surface area contributed by atoms with Gasteiger partial charge in [0.05, 0.1) is 0 Å². The van der Waals surface area contributed by atoms with Crippen molar-refractivity contribution in [2.45, 2.75) is 24.3 Å². The largest absolute Gasteiger partial charge is 0.324 e. The number of nitrogens with two attached hydrogens (primary N) is 1. The van der Waals surface area contributed by atoms with Crippen molar-refractivity contribution in [3.63, 3.8) is 0 Å². The zero-order chi connectivity index (χ0) is 13.0. The van der Waals surface area contributed by atoms with Gasteiger partial charge in [0.1, 0.15) is 0 Å². The van der Waals surface area contributed by atoms with Gasteiger partial charge < -0.3 is 5.73 Å². The minimum absolute atomic E-state index is 0.0728. The monoisotopic (exact) mass is 257 g/mol. The number of hydrogen-bond donors (Lipinski definition) is 1. The standard InChI is InChI=1S/C16H19NS/c1-12-3-5-13(6-4-12)11-16(17)14-7-9-15(18-2)10-8-14/h3-10,16H,11,17H2,1-2H3. The van der Waals surface area contributed by atoms with Crippen LogP contribution in [0.5, 0.6) is 0 Å². The molecule has 0 fully saturated rings. The molecule has 0 radical (unpaired) electrons. The number of benzene rings is 2. The third-order valence-corrected chi connectivity index (χ3v) is 3.86. The van der Waals surface area contributed by atoms with Crippen LogP contribution in [0.4, 0.5) is 0 Å². The third kappa shape index (κ3) is 3.37. The number of rotatable bonds is 4. The van der Waals surface area contributed by atoms with Crippen molar-refractivity contribution in [2.24, 2.45) is 5.73 Å². The maximum Gasteiger partial charge on any atom is 0.0335 e. The first-order chi connectivity index (χ1) is 8.69. The summed E-state index contributed by atoms with van der Waals surface area (Å²) in [6, 6.07) is 17.2. The summed E-state index contributed by atoms with van der Waals surface area (Å²) in [4.78, 5) is 1.28. The highest BCUT2D eigenvalue weighted by atomic mass is 32.2. The van der Waals surface area contributed by atoms with Gasteiger partial charge in [-0.15, -0.1) is 11.8 Å². The van der Waals surface area contributed by atoms with Crippen molar-refractivity contribution in [3.05, 3.63) is 65.2 Å². The fraction of sp³-hybridized carbons (Fsp3) is 0.250. The molecule has 2 rings (SSSR count). The summed E-state index contributed by atoms with van der Waals surface area (Å²) in [5, 5.41) is 0. The molecule has 0 aromatic heterocycles. The summed E-state index contributed by atoms with van der Waals surface area (Å²) in [7, 11) is 0. The lowest BCUT2D eigenvalue weighted by atomic mass is 9.99. The lowest BCUT2D eigenvalue weighted by Crippen LogP contribution is -2.13. The summed E-state index contributed by atoms with van der Waals surface area (Å²) in [5.74, 6) is 0. The Labute approximate surface area is 113 Å². The Balaban J connectivity index is 2.06. The zero-order valence-corrected chi connectivity index (χ0v) is 11.7. The van der Waals surface area contributed by atoms with E-state index in [0.29, 0.717) is 0 Å². The molecule has 0 aliphatic carbocycles. The van der Waals surface area contributed by atoms with Gasteiger partial charge in [0.2, 0.25) is 0 Å². The molecule has 1 atom stereocenters. The average molecular weight is 257 g/mol. The summed E-state index contributed by atoms with van der Waals surface area (Å²) in [5.41, 5.74) is 10.0. The van der Waals surface area contributed by atoms with Gasteiger partial charge >= 0.3 is 0 Å². The van der Waals surface area contributed by atoms with Crippen LogP contribution in [0.25, 0.3) is 0 Å². The fourth-order valence-corrected chi connectivity index (χ4v) is 2.36. The zero-order valence-electron chi connectivity index (χ0n) is 10.9. The molecule has 0 bridgehead atoms. The van der Waals surface area contributed by atoms with Gasteiger partial charge in [0.15, 0.2) is 0 Å². The molecule has 2 aromatic carbocycles. The first-order valence-electron chi connectivity index (χ1n) is 6.14. The van der Waals surface area contributed by atoms with Gasteiger partial charge in [-0.2, -0.15) is 0 Å². The van der Waals surface area contributed by atoms with E-state index in [2.05, 4.69) is 61.7 Å². The molecule has 0 amide bonds. The lowest BCUT2D eigenvalue weighted by Gasteiger charge is -2.12. The highest BCUT2D eigenvalue weighted by Crippen LogP contribution is 2.20. The van der Waals surface area contributed by atoms with Gasteiger partial charge in [0.25, 0.3) is 0 Å². The van der Waals surface area contributed by atoms with Gasteiger partial charge in [-0.05, 0) is 42.9 Å². The second-order valence-electron chi connectivity index (χ2n) is 4.57. The molecule has 0 saturated heterocycles. The van der Waals surface area contributed by atoms with Crippen molar-refractivity contribution in [3.8, 4) is 0 Å². The second kappa shape index (κ2) is 6.07. The van der Waals surface area contributed by atoms with Crippen LogP contribution >= 0.6 is 11.8 Å². The molecule has 0 aliphatic heterocycles. The van der Waals surface area contributed by atoms with E-state index in [1.54, 1.807) is 11.8 Å². The van der Waals surface area contributed by atoms with Crippen LogP contribution < -0.4 is 5.73 Å². The Morgan fingerprint density at radius 1 is 1.00 bits per heavy atom. The molecule has 0 heterocycles. The molecular formula is C16H19NS. The van der Waals surface area contributed by atoms with E-state index in [1.165, 1.54) is 21.6 Å². The second-order valence-corrected chi connectivity index (χ2v) is 5.45. The summed E-state index contributed by atoms with van der Waals surface area (Å²) >= 11 is 1.75. The molecule has 1 unspecified atom stereocenters. The van der Waals surface area contributed by atoms with E-state index in [1.807, 2.05) is 0 Å². The van der Waals surface area contributed by atoms with E-state index in [9.17, 15) is 0 Å². The van der Waals surface area contributed by atoms with E-state index < -0.39 is 0 Å². The van der Waals surface area contributed by atoms with E-state index in [0.717, 1.165) is 6.42 Å².